The summed E-state index contributed by atoms with van der Waals surface area (Å²) < 4.78 is 18.9. The smallest absolute Gasteiger partial charge is 0.248 e. The van der Waals surface area contributed by atoms with E-state index in [9.17, 15) is 9.18 Å². The van der Waals surface area contributed by atoms with Gasteiger partial charge in [-0.1, -0.05) is 12.1 Å². The van der Waals surface area contributed by atoms with Gasteiger partial charge in [0.05, 0.1) is 5.69 Å². The van der Waals surface area contributed by atoms with Gasteiger partial charge in [0.1, 0.15) is 12.4 Å². The second kappa shape index (κ2) is 7.94. The predicted molar refractivity (Wildman–Crippen MR) is 91.7 cm³/mol. The second-order valence-electron chi connectivity index (χ2n) is 6.54. The molecule has 1 aromatic rings. The van der Waals surface area contributed by atoms with Gasteiger partial charge < -0.3 is 14.5 Å². The number of anilines is 1. The largest absolute Gasteiger partial charge is 0.375 e. The van der Waals surface area contributed by atoms with Gasteiger partial charge >= 0.3 is 0 Å². The predicted octanol–water partition coefficient (Wildman–Crippen LogP) is 1.59. The lowest BCUT2D eigenvalue weighted by Crippen LogP contribution is -2.56. The molecule has 2 aliphatic heterocycles. The molecule has 3 rings (SSSR count). The highest BCUT2D eigenvalue weighted by Crippen LogP contribution is 2.23. The molecule has 24 heavy (non-hydrogen) atoms. The Hall–Kier alpha value is -1.66. The zero-order valence-electron chi connectivity index (χ0n) is 14.3. The first-order valence-electron chi connectivity index (χ1n) is 8.69. The van der Waals surface area contributed by atoms with E-state index in [0.717, 1.165) is 52.1 Å². The molecule has 0 aliphatic carbocycles. The number of ether oxygens (including phenoxy) is 1. The number of hydrogen-bond acceptors (Lipinski definition) is 4. The number of nitrogens with zero attached hydrogens (tertiary/aromatic N) is 3. The number of para-hydroxylation sites is 1. The topological polar surface area (TPSA) is 36.0 Å². The number of amides is 1. The van der Waals surface area contributed by atoms with Gasteiger partial charge in [0, 0.05) is 52.4 Å². The zero-order valence-corrected chi connectivity index (χ0v) is 14.3. The standard InChI is InChI=1S/C18H26FN3O2/c1-24-14-18(23)22-8-4-5-15(13-22)20-9-11-21(12-10-20)17-7-3-2-6-16(17)19/h2-3,6-7,15H,4-5,8-14H2,1H3. The molecule has 6 heteroatoms. The summed E-state index contributed by atoms with van der Waals surface area (Å²) in [4.78, 5) is 18.5. The SMILES string of the molecule is COCC(=O)N1CCCC(N2CCN(c3ccccc3F)CC2)C1. The van der Waals surface area contributed by atoms with Crippen LogP contribution in [-0.2, 0) is 9.53 Å². The Labute approximate surface area is 143 Å². The molecule has 1 aromatic carbocycles. The first kappa shape index (κ1) is 17.2. The van der Waals surface area contributed by atoms with E-state index in [4.69, 9.17) is 4.74 Å². The number of piperazine rings is 1. The van der Waals surface area contributed by atoms with Gasteiger partial charge in [-0.3, -0.25) is 9.69 Å². The minimum absolute atomic E-state index is 0.0761. The van der Waals surface area contributed by atoms with E-state index in [1.807, 2.05) is 17.0 Å². The molecule has 2 fully saturated rings. The molecule has 2 saturated heterocycles. The molecular weight excluding hydrogens is 309 g/mol. The van der Waals surface area contributed by atoms with Crippen molar-refractivity contribution < 1.29 is 13.9 Å². The Morgan fingerprint density at radius 3 is 2.67 bits per heavy atom. The normalized spacial score (nSPS) is 22.7. The summed E-state index contributed by atoms with van der Waals surface area (Å²) in [7, 11) is 1.56. The highest BCUT2D eigenvalue weighted by atomic mass is 19.1. The van der Waals surface area contributed by atoms with Crippen molar-refractivity contribution in [3.8, 4) is 0 Å². The van der Waals surface area contributed by atoms with Gasteiger partial charge in [-0.25, -0.2) is 4.39 Å². The first-order valence-corrected chi connectivity index (χ1v) is 8.69. The summed E-state index contributed by atoms with van der Waals surface area (Å²) >= 11 is 0. The van der Waals surface area contributed by atoms with Gasteiger partial charge in [0.25, 0.3) is 0 Å². The number of halogens is 1. The fourth-order valence-electron chi connectivity index (χ4n) is 3.73. The summed E-state index contributed by atoms with van der Waals surface area (Å²) in [6.45, 7) is 5.23. The van der Waals surface area contributed by atoms with Crippen LogP contribution in [0.25, 0.3) is 0 Å². The van der Waals surface area contributed by atoms with Crippen molar-refractivity contribution in [1.29, 1.82) is 0 Å². The molecule has 1 amide bonds. The third-order valence-corrected chi connectivity index (χ3v) is 5.04. The monoisotopic (exact) mass is 335 g/mol. The van der Waals surface area contributed by atoms with Crippen molar-refractivity contribution >= 4 is 11.6 Å². The summed E-state index contributed by atoms with van der Waals surface area (Å²) in [5.74, 6) is -0.0767. The van der Waals surface area contributed by atoms with E-state index in [-0.39, 0.29) is 18.3 Å². The van der Waals surface area contributed by atoms with E-state index < -0.39 is 0 Å². The van der Waals surface area contributed by atoms with E-state index in [1.165, 1.54) is 6.07 Å². The minimum Gasteiger partial charge on any atom is -0.375 e. The minimum atomic E-state index is -0.153. The Bertz CT molecular complexity index is 561. The number of hydrogen-bond donors (Lipinski definition) is 0. The molecule has 0 spiro atoms. The van der Waals surface area contributed by atoms with Crippen LogP contribution in [0.2, 0.25) is 0 Å². The van der Waals surface area contributed by atoms with Crippen LogP contribution >= 0.6 is 0 Å². The van der Waals surface area contributed by atoms with E-state index in [0.29, 0.717) is 11.7 Å². The molecule has 1 atom stereocenters. The Kier molecular flexibility index (Phi) is 5.68. The lowest BCUT2D eigenvalue weighted by Gasteiger charge is -2.44. The van der Waals surface area contributed by atoms with E-state index in [1.54, 1.807) is 13.2 Å². The molecule has 0 aromatic heterocycles. The quantitative estimate of drug-likeness (QED) is 0.837. The zero-order chi connectivity index (χ0) is 16.9. The van der Waals surface area contributed by atoms with Gasteiger partial charge in [0.15, 0.2) is 0 Å². The lowest BCUT2D eigenvalue weighted by molar-refractivity contribution is -0.137. The average Bonchev–Trinajstić information content (AvgIpc) is 2.63. The molecule has 0 saturated carbocycles. The third-order valence-electron chi connectivity index (χ3n) is 5.04. The molecule has 2 aliphatic rings. The number of likely N-dealkylation sites (tertiary alicyclic amines) is 1. The Morgan fingerprint density at radius 2 is 1.96 bits per heavy atom. The van der Waals surface area contributed by atoms with Crippen molar-refractivity contribution in [1.82, 2.24) is 9.80 Å². The van der Waals surface area contributed by atoms with Gasteiger partial charge in [-0.05, 0) is 25.0 Å². The fraction of sp³-hybridized carbons (Fsp3) is 0.611. The van der Waals surface area contributed by atoms with E-state index in [2.05, 4.69) is 9.80 Å². The maximum absolute atomic E-state index is 13.9. The summed E-state index contributed by atoms with van der Waals surface area (Å²) in [6.07, 6.45) is 2.16. The van der Waals surface area contributed by atoms with Crippen LogP contribution in [0.3, 0.4) is 0 Å². The first-order chi connectivity index (χ1) is 11.7. The molecular formula is C18H26FN3O2. The van der Waals surface area contributed by atoms with Crippen LogP contribution in [0.1, 0.15) is 12.8 Å². The van der Waals surface area contributed by atoms with E-state index >= 15 is 0 Å². The third kappa shape index (κ3) is 3.87. The molecule has 1 unspecified atom stereocenters. The van der Waals surface area contributed by atoms with Crippen molar-refractivity contribution in [2.75, 3.05) is 57.9 Å². The number of carbonyl (C=O) groups is 1. The van der Waals surface area contributed by atoms with Crippen molar-refractivity contribution in [3.05, 3.63) is 30.1 Å². The Morgan fingerprint density at radius 1 is 1.21 bits per heavy atom. The summed E-state index contributed by atoms with van der Waals surface area (Å²) in [5.41, 5.74) is 0.692. The number of piperidine rings is 1. The fourth-order valence-corrected chi connectivity index (χ4v) is 3.73. The van der Waals surface area contributed by atoms with Crippen LogP contribution in [0.4, 0.5) is 10.1 Å². The summed E-state index contributed by atoms with van der Waals surface area (Å²) in [5, 5.41) is 0. The summed E-state index contributed by atoms with van der Waals surface area (Å²) in [6, 6.07) is 7.37. The van der Waals surface area contributed by atoms with Crippen molar-refractivity contribution in [3.63, 3.8) is 0 Å². The highest BCUT2D eigenvalue weighted by molar-refractivity contribution is 5.77. The van der Waals surface area contributed by atoms with Crippen LogP contribution in [0.5, 0.6) is 0 Å². The molecule has 0 bridgehead atoms. The van der Waals surface area contributed by atoms with Gasteiger partial charge in [0.2, 0.25) is 5.91 Å². The maximum Gasteiger partial charge on any atom is 0.248 e. The second-order valence-corrected chi connectivity index (χ2v) is 6.54. The number of methoxy groups -OCH3 is 1. The van der Waals surface area contributed by atoms with Crippen molar-refractivity contribution in [2.24, 2.45) is 0 Å². The van der Waals surface area contributed by atoms with Crippen LogP contribution in [0, 0.1) is 5.82 Å². The molecule has 132 valence electrons. The van der Waals surface area contributed by atoms with Crippen molar-refractivity contribution in [2.45, 2.75) is 18.9 Å². The number of carbonyl (C=O) groups excluding carboxylic acids is 1. The number of rotatable bonds is 4. The average molecular weight is 335 g/mol. The van der Waals surface area contributed by atoms with Gasteiger partial charge in [-0.2, -0.15) is 0 Å². The molecule has 5 nitrogen and oxygen atoms in total. The molecule has 2 heterocycles. The van der Waals surface area contributed by atoms with Gasteiger partial charge in [-0.15, -0.1) is 0 Å². The number of benzene rings is 1. The Balaban J connectivity index is 1.54. The molecule has 0 radical (unpaired) electrons. The van der Waals surface area contributed by atoms with Crippen LogP contribution in [-0.4, -0.2) is 74.7 Å². The van der Waals surface area contributed by atoms with Crippen LogP contribution in [0.15, 0.2) is 24.3 Å². The molecule has 0 N–H and O–H groups in total. The van der Waals surface area contributed by atoms with Crippen LogP contribution < -0.4 is 4.90 Å². The highest BCUT2D eigenvalue weighted by Gasteiger charge is 2.30. The lowest BCUT2D eigenvalue weighted by atomic mass is 10.0. The maximum atomic E-state index is 13.9.